The highest BCUT2D eigenvalue weighted by Crippen LogP contribution is 2.18. The lowest BCUT2D eigenvalue weighted by atomic mass is 10.1. The molecule has 2 N–H and O–H groups in total. The smallest absolute Gasteiger partial charge is 0.119 e. The molecule has 0 amide bonds. The molecule has 0 fully saturated rings. The number of ether oxygens (including phenoxy) is 2. The van der Waals surface area contributed by atoms with E-state index in [0.717, 1.165) is 11.3 Å². The fraction of sp³-hybridized carbons (Fsp3) is 0.333. The first-order valence-corrected chi connectivity index (χ1v) is 7.90. The average molecular weight is 372 g/mol. The van der Waals surface area contributed by atoms with Gasteiger partial charge in [-0.05, 0) is 48.9 Å². The molecule has 0 aliphatic rings. The number of rotatable bonds is 8. The highest BCUT2D eigenvalue weighted by atomic mass is 35.5. The van der Waals surface area contributed by atoms with Gasteiger partial charge in [0.05, 0.1) is 7.11 Å². The minimum atomic E-state index is -0.598. The number of halogens is 2. The normalized spacial score (nSPS) is 12.8. The second-order valence-electron chi connectivity index (χ2n) is 5.33. The van der Waals surface area contributed by atoms with E-state index in [4.69, 9.17) is 21.1 Å². The van der Waals surface area contributed by atoms with Crippen LogP contribution >= 0.6 is 24.0 Å². The predicted molar refractivity (Wildman–Crippen MR) is 99.6 cm³/mol. The second-order valence-corrected chi connectivity index (χ2v) is 5.76. The predicted octanol–water partition coefficient (Wildman–Crippen LogP) is 3.86. The Bertz CT molecular complexity index is 607. The van der Waals surface area contributed by atoms with Crippen molar-refractivity contribution in [3.05, 3.63) is 59.1 Å². The molecule has 0 heterocycles. The monoisotopic (exact) mass is 371 g/mol. The molecule has 0 radical (unpaired) electrons. The average Bonchev–Trinajstić information content (AvgIpc) is 2.58. The van der Waals surface area contributed by atoms with Gasteiger partial charge in [-0.2, -0.15) is 0 Å². The zero-order valence-electron chi connectivity index (χ0n) is 13.7. The van der Waals surface area contributed by atoms with E-state index in [9.17, 15) is 5.11 Å². The highest BCUT2D eigenvalue weighted by molar-refractivity contribution is 6.30. The molecule has 0 saturated heterocycles. The number of aliphatic hydroxyl groups is 1. The van der Waals surface area contributed by atoms with E-state index in [1.807, 2.05) is 55.5 Å². The van der Waals surface area contributed by atoms with Crippen molar-refractivity contribution in [3.8, 4) is 11.5 Å². The third-order valence-electron chi connectivity index (χ3n) is 3.51. The van der Waals surface area contributed by atoms with Gasteiger partial charge in [0.15, 0.2) is 0 Å². The van der Waals surface area contributed by atoms with E-state index in [2.05, 4.69) is 5.32 Å². The van der Waals surface area contributed by atoms with E-state index in [1.165, 1.54) is 0 Å². The van der Waals surface area contributed by atoms with Crippen LogP contribution in [0.25, 0.3) is 0 Å². The third kappa shape index (κ3) is 6.57. The van der Waals surface area contributed by atoms with Crippen molar-refractivity contribution in [3.63, 3.8) is 0 Å². The number of hydrogen-bond acceptors (Lipinski definition) is 4. The molecule has 0 bridgehead atoms. The molecule has 0 aliphatic heterocycles. The summed E-state index contributed by atoms with van der Waals surface area (Å²) < 4.78 is 10.6. The molecule has 0 saturated carbocycles. The first-order chi connectivity index (χ1) is 11.1. The Hall–Kier alpha value is -1.46. The molecular weight excluding hydrogens is 349 g/mol. The Morgan fingerprint density at radius 3 is 2.42 bits per heavy atom. The fourth-order valence-corrected chi connectivity index (χ4v) is 2.33. The van der Waals surface area contributed by atoms with Crippen LogP contribution in [-0.2, 0) is 0 Å². The molecule has 2 unspecified atom stereocenters. The Morgan fingerprint density at radius 1 is 1.12 bits per heavy atom. The summed E-state index contributed by atoms with van der Waals surface area (Å²) in [5, 5.41) is 14.0. The number of benzene rings is 2. The van der Waals surface area contributed by atoms with Gasteiger partial charge in [0.2, 0.25) is 0 Å². The van der Waals surface area contributed by atoms with E-state index in [1.54, 1.807) is 7.11 Å². The van der Waals surface area contributed by atoms with Gasteiger partial charge in [-0.3, -0.25) is 0 Å². The Morgan fingerprint density at radius 2 is 1.79 bits per heavy atom. The first-order valence-electron chi connectivity index (χ1n) is 7.52. The Kier molecular flexibility index (Phi) is 8.93. The van der Waals surface area contributed by atoms with Gasteiger partial charge in [0, 0.05) is 17.6 Å². The van der Waals surface area contributed by atoms with Crippen molar-refractivity contribution in [1.29, 1.82) is 0 Å². The highest BCUT2D eigenvalue weighted by Gasteiger charge is 2.10. The summed E-state index contributed by atoms with van der Waals surface area (Å²) in [6.45, 7) is 2.69. The van der Waals surface area contributed by atoms with Crippen LogP contribution in [0.1, 0.15) is 18.5 Å². The SMILES string of the molecule is COc1ccc(OCC(O)CNC(C)c2cccc(Cl)c2)cc1.Cl. The molecule has 6 heteroatoms. The maximum Gasteiger partial charge on any atom is 0.119 e. The quantitative estimate of drug-likeness (QED) is 0.739. The zero-order chi connectivity index (χ0) is 16.7. The van der Waals surface area contributed by atoms with Crippen LogP contribution in [0.4, 0.5) is 0 Å². The van der Waals surface area contributed by atoms with Crippen molar-refractivity contribution in [2.75, 3.05) is 20.3 Å². The zero-order valence-corrected chi connectivity index (χ0v) is 15.3. The summed E-state index contributed by atoms with van der Waals surface area (Å²) in [5.41, 5.74) is 1.08. The van der Waals surface area contributed by atoms with Crippen molar-refractivity contribution in [2.45, 2.75) is 19.1 Å². The van der Waals surface area contributed by atoms with E-state index in [-0.39, 0.29) is 25.1 Å². The lowest BCUT2D eigenvalue weighted by Crippen LogP contribution is -2.33. The molecule has 132 valence electrons. The number of hydrogen-bond donors (Lipinski definition) is 2. The van der Waals surface area contributed by atoms with Gasteiger partial charge in [-0.15, -0.1) is 12.4 Å². The molecule has 4 nitrogen and oxygen atoms in total. The number of nitrogens with one attached hydrogen (secondary N) is 1. The van der Waals surface area contributed by atoms with E-state index in [0.29, 0.717) is 17.3 Å². The maximum atomic E-state index is 10.0. The Labute approximate surface area is 154 Å². The van der Waals surface area contributed by atoms with Crippen molar-refractivity contribution < 1.29 is 14.6 Å². The molecular formula is C18H23Cl2NO3. The lowest BCUT2D eigenvalue weighted by Gasteiger charge is -2.18. The van der Waals surface area contributed by atoms with E-state index >= 15 is 0 Å². The first kappa shape index (κ1) is 20.6. The third-order valence-corrected chi connectivity index (χ3v) is 3.75. The number of aliphatic hydroxyl groups excluding tert-OH is 1. The van der Waals surface area contributed by atoms with E-state index < -0.39 is 6.10 Å². The molecule has 0 aromatic heterocycles. The summed E-state index contributed by atoms with van der Waals surface area (Å²) in [6, 6.07) is 15.0. The largest absolute Gasteiger partial charge is 0.497 e. The molecule has 2 aromatic carbocycles. The molecule has 0 spiro atoms. The van der Waals surface area contributed by atoms with Gasteiger partial charge in [-0.25, -0.2) is 0 Å². The Balaban J connectivity index is 0.00000288. The van der Waals surface area contributed by atoms with Crippen molar-refractivity contribution in [2.24, 2.45) is 0 Å². The summed E-state index contributed by atoms with van der Waals surface area (Å²) >= 11 is 5.98. The standard InChI is InChI=1S/C18H22ClNO3.ClH/c1-13(14-4-3-5-15(19)10-14)20-11-16(21)12-23-18-8-6-17(22-2)7-9-18;/h3-10,13,16,20-21H,11-12H2,1-2H3;1H. The number of methoxy groups -OCH3 is 1. The summed E-state index contributed by atoms with van der Waals surface area (Å²) in [4.78, 5) is 0. The van der Waals surface area contributed by atoms with Gasteiger partial charge in [0.1, 0.15) is 24.2 Å². The molecule has 2 aromatic rings. The maximum absolute atomic E-state index is 10.0. The fourth-order valence-electron chi connectivity index (χ4n) is 2.13. The summed E-state index contributed by atoms with van der Waals surface area (Å²) in [7, 11) is 1.62. The molecule has 0 aliphatic carbocycles. The minimum Gasteiger partial charge on any atom is -0.497 e. The second kappa shape index (κ2) is 10.4. The van der Waals surface area contributed by atoms with Crippen molar-refractivity contribution >= 4 is 24.0 Å². The summed E-state index contributed by atoms with van der Waals surface area (Å²) in [5.74, 6) is 1.47. The van der Waals surface area contributed by atoms with Gasteiger partial charge in [0.25, 0.3) is 0 Å². The van der Waals surface area contributed by atoms with Crippen LogP contribution in [0.5, 0.6) is 11.5 Å². The van der Waals surface area contributed by atoms with Crippen LogP contribution in [0.15, 0.2) is 48.5 Å². The molecule has 2 rings (SSSR count). The van der Waals surface area contributed by atoms with Crippen LogP contribution in [0.2, 0.25) is 5.02 Å². The molecule has 2 atom stereocenters. The van der Waals surface area contributed by atoms with Crippen LogP contribution in [-0.4, -0.2) is 31.5 Å². The minimum absolute atomic E-state index is 0. The van der Waals surface area contributed by atoms with Crippen LogP contribution < -0.4 is 14.8 Å². The topological polar surface area (TPSA) is 50.7 Å². The van der Waals surface area contributed by atoms with Crippen LogP contribution in [0, 0.1) is 0 Å². The van der Waals surface area contributed by atoms with Gasteiger partial charge < -0.3 is 19.9 Å². The molecule has 24 heavy (non-hydrogen) atoms. The van der Waals surface area contributed by atoms with Crippen LogP contribution in [0.3, 0.4) is 0 Å². The van der Waals surface area contributed by atoms with Crippen molar-refractivity contribution in [1.82, 2.24) is 5.32 Å². The van der Waals surface area contributed by atoms with Gasteiger partial charge in [-0.1, -0.05) is 23.7 Å². The lowest BCUT2D eigenvalue weighted by molar-refractivity contribution is 0.104. The van der Waals surface area contributed by atoms with Gasteiger partial charge >= 0.3 is 0 Å². The summed E-state index contributed by atoms with van der Waals surface area (Å²) in [6.07, 6.45) is -0.598.